The van der Waals surface area contributed by atoms with Crippen LogP contribution in [0, 0.1) is 12.7 Å². The van der Waals surface area contributed by atoms with Gasteiger partial charge >= 0.3 is 0 Å². The fraction of sp³-hybridized carbons (Fsp3) is 0.222. The van der Waals surface area contributed by atoms with E-state index in [9.17, 15) is 4.39 Å². The van der Waals surface area contributed by atoms with E-state index in [1.807, 2.05) is 0 Å². The summed E-state index contributed by atoms with van der Waals surface area (Å²) in [5.74, 6) is -0.402. The predicted octanol–water partition coefficient (Wildman–Crippen LogP) is 1.73. The minimum atomic E-state index is -0.402. The molecule has 1 aromatic carbocycles. The Kier molecular flexibility index (Phi) is 1.77. The standard InChI is InChI=1S/C9H9FN2O/c1-5-7-3-2-6(4-11)8(10)9(7)13-12-5/h2-3H,4,11H2,1H3. The molecule has 0 atom stereocenters. The van der Waals surface area contributed by atoms with Gasteiger partial charge in [-0.3, -0.25) is 0 Å². The lowest BCUT2D eigenvalue weighted by molar-refractivity contribution is 0.434. The largest absolute Gasteiger partial charge is 0.353 e. The van der Waals surface area contributed by atoms with Crippen molar-refractivity contribution in [2.45, 2.75) is 13.5 Å². The third kappa shape index (κ3) is 1.10. The number of hydrogen-bond donors (Lipinski definition) is 1. The van der Waals surface area contributed by atoms with E-state index in [1.165, 1.54) is 0 Å². The van der Waals surface area contributed by atoms with Gasteiger partial charge in [-0.2, -0.15) is 0 Å². The van der Waals surface area contributed by atoms with Crippen molar-refractivity contribution in [1.82, 2.24) is 5.16 Å². The molecule has 4 heteroatoms. The van der Waals surface area contributed by atoms with Crippen molar-refractivity contribution < 1.29 is 8.91 Å². The van der Waals surface area contributed by atoms with E-state index in [-0.39, 0.29) is 12.1 Å². The lowest BCUT2D eigenvalue weighted by Gasteiger charge is -1.97. The topological polar surface area (TPSA) is 52.0 Å². The second-order valence-corrected chi connectivity index (χ2v) is 2.89. The average Bonchev–Trinajstić information content (AvgIpc) is 2.50. The van der Waals surface area contributed by atoms with Gasteiger partial charge in [-0.15, -0.1) is 0 Å². The summed E-state index contributed by atoms with van der Waals surface area (Å²) < 4.78 is 18.3. The molecule has 1 heterocycles. The SMILES string of the molecule is Cc1noc2c(F)c(CN)ccc12. The summed E-state index contributed by atoms with van der Waals surface area (Å²) in [6.07, 6.45) is 0. The van der Waals surface area contributed by atoms with Gasteiger partial charge in [0.25, 0.3) is 0 Å². The second-order valence-electron chi connectivity index (χ2n) is 2.89. The smallest absolute Gasteiger partial charge is 0.203 e. The highest BCUT2D eigenvalue weighted by atomic mass is 19.1. The quantitative estimate of drug-likeness (QED) is 0.727. The first-order valence-corrected chi connectivity index (χ1v) is 3.97. The van der Waals surface area contributed by atoms with E-state index >= 15 is 0 Å². The molecule has 0 aliphatic rings. The molecule has 3 nitrogen and oxygen atoms in total. The van der Waals surface area contributed by atoms with Crippen LogP contribution >= 0.6 is 0 Å². The van der Waals surface area contributed by atoms with Gasteiger partial charge in [0.2, 0.25) is 5.58 Å². The van der Waals surface area contributed by atoms with Crippen molar-refractivity contribution in [3.63, 3.8) is 0 Å². The molecule has 0 fully saturated rings. The minimum Gasteiger partial charge on any atom is -0.353 e. The molecule has 0 radical (unpaired) electrons. The molecule has 13 heavy (non-hydrogen) atoms. The van der Waals surface area contributed by atoms with E-state index in [1.54, 1.807) is 19.1 Å². The number of rotatable bonds is 1. The first kappa shape index (κ1) is 8.19. The number of aromatic nitrogens is 1. The molecule has 2 N–H and O–H groups in total. The zero-order valence-electron chi connectivity index (χ0n) is 7.17. The Bertz CT molecular complexity index is 450. The molecule has 0 saturated heterocycles. The predicted molar refractivity (Wildman–Crippen MR) is 46.6 cm³/mol. The highest BCUT2D eigenvalue weighted by Gasteiger charge is 2.12. The molecule has 0 aliphatic heterocycles. The maximum atomic E-state index is 13.5. The highest BCUT2D eigenvalue weighted by molar-refractivity contribution is 5.80. The summed E-state index contributed by atoms with van der Waals surface area (Å²) >= 11 is 0. The van der Waals surface area contributed by atoms with E-state index in [4.69, 9.17) is 10.3 Å². The van der Waals surface area contributed by atoms with Crippen molar-refractivity contribution in [3.05, 3.63) is 29.2 Å². The lowest BCUT2D eigenvalue weighted by atomic mass is 10.1. The maximum absolute atomic E-state index is 13.5. The number of hydrogen-bond acceptors (Lipinski definition) is 3. The van der Waals surface area contributed by atoms with Gasteiger partial charge in [0, 0.05) is 17.5 Å². The summed E-state index contributed by atoms with van der Waals surface area (Å²) in [5.41, 5.74) is 6.68. The highest BCUT2D eigenvalue weighted by Crippen LogP contribution is 2.23. The van der Waals surface area contributed by atoms with E-state index < -0.39 is 5.82 Å². The van der Waals surface area contributed by atoms with Crippen molar-refractivity contribution in [3.8, 4) is 0 Å². The summed E-state index contributed by atoms with van der Waals surface area (Å²) in [6.45, 7) is 1.94. The van der Waals surface area contributed by atoms with Crippen LogP contribution in [0.1, 0.15) is 11.3 Å². The fourth-order valence-electron chi connectivity index (χ4n) is 1.29. The Hall–Kier alpha value is -1.42. The van der Waals surface area contributed by atoms with Crippen LogP contribution in [0.4, 0.5) is 4.39 Å². The lowest BCUT2D eigenvalue weighted by Crippen LogP contribution is -1.99. The van der Waals surface area contributed by atoms with Gasteiger partial charge in [0.1, 0.15) is 0 Å². The molecule has 2 aromatic rings. The molecular formula is C9H9FN2O. The summed E-state index contributed by atoms with van der Waals surface area (Å²) in [4.78, 5) is 0. The molecule has 0 saturated carbocycles. The van der Waals surface area contributed by atoms with Crippen LogP contribution in [0.15, 0.2) is 16.7 Å². The molecule has 0 amide bonds. The number of aryl methyl sites for hydroxylation is 1. The van der Waals surface area contributed by atoms with Gasteiger partial charge in [-0.25, -0.2) is 4.39 Å². The van der Waals surface area contributed by atoms with Gasteiger partial charge in [-0.05, 0) is 13.0 Å². The van der Waals surface area contributed by atoms with Crippen LogP contribution in [0.3, 0.4) is 0 Å². The van der Waals surface area contributed by atoms with Gasteiger partial charge < -0.3 is 10.3 Å². The maximum Gasteiger partial charge on any atom is 0.203 e. The minimum absolute atomic E-state index is 0.168. The number of halogens is 1. The average molecular weight is 180 g/mol. The van der Waals surface area contributed by atoms with Crippen LogP contribution in [-0.4, -0.2) is 5.16 Å². The third-order valence-electron chi connectivity index (χ3n) is 2.06. The third-order valence-corrected chi connectivity index (χ3v) is 2.06. The number of nitrogens with two attached hydrogens (primary N) is 1. The van der Waals surface area contributed by atoms with Crippen LogP contribution in [0.25, 0.3) is 11.0 Å². The van der Waals surface area contributed by atoms with Crippen molar-refractivity contribution in [1.29, 1.82) is 0 Å². The van der Waals surface area contributed by atoms with E-state index in [0.29, 0.717) is 16.6 Å². The molecule has 68 valence electrons. The molecule has 2 rings (SSSR count). The molecular weight excluding hydrogens is 171 g/mol. The first-order chi connectivity index (χ1) is 6.24. The van der Waals surface area contributed by atoms with Crippen LogP contribution in [-0.2, 0) is 6.54 Å². The normalized spacial score (nSPS) is 11.0. The Morgan fingerprint density at radius 2 is 2.31 bits per heavy atom. The van der Waals surface area contributed by atoms with Crippen LogP contribution < -0.4 is 5.73 Å². The van der Waals surface area contributed by atoms with Crippen LogP contribution in [0.5, 0.6) is 0 Å². The van der Waals surface area contributed by atoms with Gasteiger partial charge in [0.15, 0.2) is 5.82 Å². The van der Waals surface area contributed by atoms with Gasteiger partial charge in [0.05, 0.1) is 5.69 Å². The second kappa shape index (κ2) is 2.81. The van der Waals surface area contributed by atoms with E-state index in [0.717, 1.165) is 0 Å². The summed E-state index contributed by atoms with van der Waals surface area (Å²) in [7, 11) is 0. The zero-order chi connectivity index (χ0) is 9.42. The molecule has 0 spiro atoms. The monoisotopic (exact) mass is 180 g/mol. The molecule has 0 aliphatic carbocycles. The Morgan fingerprint density at radius 3 is 3.00 bits per heavy atom. The van der Waals surface area contributed by atoms with E-state index in [2.05, 4.69) is 5.16 Å². The molecule has 0 bridgehead atoms. The summed E-state index contributed by atoms with van der Waals surface area (Å²) in [6, 6.07) is 3.42. The van der Waals surface area contributed by atoms with Crippen molar-refractivity contribution in [2.24, 2.45) is 5.73 Å². The van der Waals surface area contributed by atoms with Gasteiger partial charge in [-0.1, -0.05) is 11.2 Å². The first-order valence-electron chi connectivity index (χ1n) is 3.97. The molecule has 0 unspecified atom stereocenters. The Labute approximate surface area is 74.3 Å². The Balaban J connectivity index is 2.80. The number of benzene rings is 1. The summed E-state index contributed by atoms with van der Waals surface area (Å²) in [5, 5.41) is 4.38. The molecule has 1 aromatic heterocycles. The van der Waals surface area contributed by atoms with Crippen molar-refractivity contribution in [2.75, 3.05) is 0 Å². The number of nitrogens with zero attached hydrogens (tertiary/aromatic N) is 1. The van der Waals surface area contributed by atoms with Crippen molar-refractivity contribution >= 4 is 11.0 Å². The Morgan fingerprint density at radius 1 is 1.54 bits per heavy atom. The fourth-order valence-corrected chi connectivity index (χ4v) is 1.29. The number of fused-ring (bicyclic) bond motifs is 1. The zero-order valence-corrected chi connectivity index (χ0v) is 7.17. The van der Waals surface area contributed by atoms with Crippen LogP contribution in [0.2, 0.25) is 0 Å².